The van der Waals surface area contributed by atoms with Gasteiger partial charge in [-0.1, -0.05) is 24.5 Å². The molecule has 1 aliphatic rings. The SMILES string of the molecule is CCCC1=C(C)CCCC1CCN. The highest BCUT2D eigenvalue weighted by molar-refractivity contribution is 5.18. The van der Waals surface area contributed by atoms with Crippen molar-refractivity contribution in [2.24, 2.45) is 11.7 Å². The predicted octanol–water partition coefficient (Wildman–Crippen LogP) is 3.25. The first-order valence-corrected chi connectivity index (χ1v) is 5.68. The maximum atomic E-state index is 5.64. The van der Waals surface area contributed by atoms with Crippen molar-refractivity contribution in [1.82, 2.24) is 0 Å². The highest BCUT2D eigenvalue weighted by atomic mass is 14.5. The number of hydrogen-bond acceptors (Lipinski definition) is 1. The zero-order valence-corrected chi connectivity index (χ0v) is 9.10. The lowest BCUT2D eigenvalue weighted by atomic mass is 9.79. The van der Waals surface area contributed by atoms with Gasteiger partial charge in [-0.2, -0.15) is 0 Å². The second kappa shape index (κ2) is 5.43. The molecule has 1 atom stereocenters. The lowest BCUT2D eigenvalue weighted by molar-refractivity contribution is 0.455. The Morgan fingerprint density at radius 1 is 1.46 bits per heavy atom. The van der Waals surface area contributed by atoms with Crippen molar-refractivity contribution in [1.29, 1.82) is 0 Å². The van der Waals surface area contributed by atoms with Crippen LogP contribution in [0.2, 0.25) is 0 Å². The van der Waals surface area contributed by atoms with Crippen molar-refractivity contribution >= 4 is 0 Å². The molecule has 13 heavy (non-hydrogen) atoms. The van der Waals surface area contributed by atoms with Gasteiger partial charge in [0.1, 0.15) is 0 Å². The molecule has 0 saturated carbocycles. The summed E-state index contributed by atoms with van der Waals surface area (Å²) in [4.78, 5) is 0. The lowest BCUT2D eigenvalue weighted by Crippen LogP contribution is -2.15. The summed E-state index contributed by atoms with van der Waals surface area (Å²) in [6.45, 7) is 5.44. The third kappa shape index (κ3) is 2.84. The Morgan fingerprint density at radius 3 is 2.85 bits per heavy atom. The van der Waals surface area contributed by atoms with E-state index >= 15 is 0 Å². The van der Waals surface area contributed by atoms with E-state index in [0.29, 0.717) is 0 Å². The van der Waals surface area contributed by atoms with Crippen LogP contribution >= 0.6 is 0 Å². The van der Waals surface area contributed by atoms with E-state index in [2.05, 4.69) is 13.8 Å². The van der Waals surface area contributed by atoms with Crippen molar-refractivity contribution in [2.75, 3.05) is 6.54 Å². The van der Waals surface area contributed by atoms with Crippen LogP contribution in [0, 0.1) is 5.92 Å². The molecule has 0 spiro atoms. The number of hydrogen-bond donors (Lipinski definition) is 1. The third-order valence-corrected chi connectivity index (χ3v) is 3.18. The van der Waals surface area contributed by atoms with Gasteiger partial charge in [0.05, 0.1) is 0 Å². The van der Waals surface area contributed by atoms with Crippen LogP contribution in [0.4, 0.5) is 0 Å². The summed E-state index contributed by atoms with van der Waals surface area (Å²) in [6.07, 6.45) is 7.88. The Morgan fingerprint density at radius 2 is 2.23 bits per heavy atom. The second-order valence-corrected chi connectivity index (χ2v) is 4.22. The van der Waals surface area contributed by atoms with Crippen LogP contribution in [0.1, 0.15) is 52.4 Å². The van der Waals surface area contributed by atoms with E-state index in [4.69, 9.17) is 5.73 Å². The zero-order chi connectivity index (χ0) is 9.68. The van der Waals surface area contributed by atoms with E-state index in [1.165, 1.54) is 38.5 Å². The molecule has 76 valence electrons. The molecule has 0 radical (unpaired) electrons. The molecule has 1 nitrogen and oxygen atoms in total. The van der Waals surface area contributed by atoms with Crippen LogP contribution in [-0.4, -0.2) is 6.54 Å². The van der Waals surface area contributed by atoms with Gasteiger partial charge in [0.2, 0.25) is 0 Å². The standard InChI is InChI=1S/C12H23N/c1-3-5-12-10(2)6-4-7-11(12)8-9-13/h11H,3-9,13H2,1-2H3. The van der Waals surface area contributed by atoms with E-state index in [1.807, 2.05) is 0 Å². The summed E-state index contributed by atoms with van der Waals surface area (Å²) in [7, 11) is 0. The largest absolute Gasteiger partial charge is 0.330 e. The van der Waals surface area contributed by atoms with Gasteiger partial charge in [0.25, 0.3) is 0 Å². The Bertz CT molecular complexity index is 182. The van der Waals surface area contributed by atoms with Crippen LogP contribution in [0.15, 0.2) is 11.1 Å². The number of allylic oxidation sites excluding steroid dienone is 2. The van der Waals surface area contributed by atoms with E-state index < -0.39 is 0 Å². The maximum Gasteiger partial charge on any atom is -0.00716 e. The summed E-state index contributed by atoms with van der Waals surface area (Å²) >= 11 is 0. The first kappa shape index (κ1) is 10.8. The highest BCUT2D eigenvalue weighted by Gasteiger charge is 2.19. The number of rotatable bonds is 4. The molecule has 1 rings (SSSR count). The summed E-state index contributed by atoms with van der Waals surface area (Å²) in [6, 6.07) is 0. The molecule has 1 aliphatic carbocycles. The van der Waals surface area contributed by atoms with E-state index in [1.54, 1.807) is 11.1 Å². The molecule has 0 aromatic rings. The fourth-order valence-corrected chi connectivity index (χ4v) is 2.50. The summed E-state index contributed by atoms with van der Waals surface area (Å²) in [5.41, 5.74) is 9.03. The minimum atomic E-state index is 0.818. The van der Waals surface area contributed by atoms with Gasteiger partial charge in [-0.15, -0.1) is 0 Å². The van der Waals surface area contributed by atoms with Crippen LogP contribution in [0.3, 0.4) is 0 Å². The maximum absolute atomic E-state index is 5.64. The molecule has 0 fully saturated rings. The van der Waals surface area contributed by atoms with Crippen LogP contribution in [0.25, 0.3) is 0 Å². The molecule has 0 heterocycles. The highest BCUT2D eigenvalue weighted by Crippen LogP contribution is 2.34. The second-order valence-electron chi connectivity index (χ2n) is 4.22. The zero-order valence-electron chi connectivity index (χ0n) is 9.10. The fraction of sp³-hybridized carbons (Fsp3) is 0.833. The molecule has 1 unspecified atom stereocenters. The Hall–Kier alpha value is -0.300. The fourth-order valence-electron chi connectivity index (χ4n) is 2.50. The van der Waals surface area contributed by atoms with Gasteiger partial charge in [0.15, 0.2) is 0 Å². The first-order valence-electron chi connectivity index (χ1n) is 5.68. The van der Waals surface area contributed by atoms with Gasteiger partial charge in [0, 0.05) is 0 Å². The van der Waals surface area contributed by atoms with E-state index in [0.717, 1.165) is 12.5 Å². The monoisotopic (exact) mass is 181 g/mol. The molecule has 0 bridgehead atoms. The van der Waals surface area contributed by atoms with E-state index in [-0.39, 0.29) is 0 Å². The molecular formula is C12H23N. The van der Waals surface area contributed by atoms with Gasteiger partial charge < -0.3 is 5.73 Å². The molecule has 0 saturated heterocycles. The van der Waals surface area contributed by atoms with Gasteiger partial charge >= 0.3 is 0 Å². The predicted molar refractivity (Wildman–Crippen MR) is 58.6 cm³/mol. The average Bonchev–Trinajstić information content (AvgIpc) is 2.11. The summed E-state index contributed by atoms with van der Waals surface area (Å²) < 4.78 is 0. The quantitative estimate of drug-likeness (QED) is 0.662. The van der Waals surface area contributed by atoms with Crippen molar-refractivity contribution in [3.8, 4) is 0 Å². The Kier molecular flexibility index (Phi) is 4.51. The van der Waals surface area contributed by atoms with Crippen LogP contribution < -0.4 is 5.73 Å². The molecule has 0 amide bonds. The van der Waals surface area contributed by atoms with Crippen LogP contribution in [-0.2, 0) is 0 Å². The molecule has 0 aliphatic heterocycles. The molecule has 1 heteroatoms. The van der Waals surface area contributed by atoms with Crippen molar-refractivity contribution in [3.63, 3.8) is 0 Å². The first-order chi connectivity index (χ1) is 6.29. The minimum absolute atomic E-state index is 0.818. The molecule has 0 aromatic carbocycles. The van der Waals surface area contributed by atoms with Crippen LogP contribution in [0.5, 0.6) is 0 Å². The van der Waals surface area contributed by atoms with Gasteiger partial charge in [-0.3, -0.25) is 0 Å². The molecule has 0 aromatic heterocycles. The third-order valence-electron chi connectivity index (χ3n) is 3.18. The average molecular weight is 181 g/mol. The van der Waals surface area contributed by atoms with Crippen molar-refractivity contribution in [3.05, 3.63) is 11.1 Å². The van der Waals surface area contributed by atoms with Gasteiger partial charge in [-0.25, -0.2) is 0 Å². The molecular weight excluding hydrogens is 158 g/mol. The topological polar surface area (TPSA) is 26.0 Å². The van der Waals surface area contributed by atoms with Crippen molar-refractivity contribution in [2.45, 2.75) is 52.4 Å². The lowest BCUT2D eigenvalue weighted by Gasteiger charge is -2.27. The molecule has 2 N–H and O–H groups in total. The van der Waals surface area contributed by atoms with E-state index in [9.17, 15) is 0 Å². The Labute approximate surface area is 82.4 Å². The summed E-state index contributed by atoms with van der Waals surface area (Å²) in [5.74, 6) is 0.818. The Balaban J connectivity index is 2.65. The normalized spacial score (nSPS) is 23.8. The summed E-state index contributed by atoms with van der Waals surface area (Å²) in [5, 5.41) is 0. The smallest absolute Gasteiger partial charge is 0.00716 e. The van der Waals surface area contributed by atoms with Crippen molar-refractivity contribution < 1.29 is 0 Å². The minimum Gasteiger partial charge on any atom is -0.330 e. The van der Waals surface area contributed by atoms with Gasteiger partial charge in [-0.05, 0) is 51.5 Å². The number of nitrogens with two attached hydrogens (primary N) is 1.